The zero-order valence-electron chi connectivity index (χ0n) is 7.51. The van der Waals surface area contributed by atoms with E-state index in [0.717, 1.165) is 19.4 Å². The second-order valence-electron chi connectivity index (χ2n) is 4.09. The standard InChI is InChI=1S/C9H18N2O/c10-11-8-3-6-12-9(7-8)4-1-2-5-9/h8,11H,1-7,10H2. The van der Waals surface area contributed by atoms with Gasteiger partial charge in [-0.1, -0.05) is 12.8 Å². The number of rotatable bonds is 1. The lowest BCUT2D eigenvalue weighted by molar-refractivity contribution is -0.0835. The van der Waals surface area contributed by atoms with Crippen LogP contribution in [0.1, 0.15) is 38.5 Å². The first-order chi connectivity index (χ1) is 5.85. The average molecular weight is 170 g/mol. The molecule has 3 heteroatoms. The van der Waals surface area contributed by atoms with Crippen molar-refractivity contribution in [3.63, 3.8) is 0 Å². The Morgan fingerprint density at radius 2 is 2.08 bits per heavy atom. The van der Waals surface area contributed by atoms with E-state index in [-0.39, 0.29) is 5.60 Å². The third-order valence-electron chi connectivity index (χ3n) is 3.24. The highest BCUT2D eigenvalue weighted by molar-refractivity contribution is 4.92. The molecule has 0 bridgehead atoms. The van der Waals surface area contributed by atoms with Crippen molar-refractivity contribution in [1.82, 2.24) is 5.43 Å². The molecule has 0 radical (unpaired) electrons. The molecule has 1 spiro atoms. The minimum absolute atomic E-state index is 0.204. The lowest BCUT2D eigenvalue weighted by atomic mass is 9.89. The molecule has 0 aromatic rings. The monoisotopic (exact) mass is 170 g/mol. The Bertz CT molecular complexity index is 155. The van der Waals surface area contributed by atoms with Gasteiger partial charge < -0.3 is 4.74 Å². The fourth-order valence-electron chi connectivity index (χ4n) is 2.54. The molecule has 0 aromatic heterocycles. The van der Waals surface area contributed by atoms with E-state index in [1.54, 1.807) is 0 Å². The predicted molar refractivity (Wildman–Crippen MR) is 47.5 cm³/mol. The molecule has 12 heavy (non-hydrogen) atoms. The van der Waals surface area contributed by atoms with Crippen LogP contribution in [0.15, 0.2) is 0 Å². The summed E-state index contributed by atoms with van der Waals surface area (Å²) in [5.41, 5.74) is 3.08. The molecule has 1 saturated heterocycles. The van der Waals surface area contributed by atoms with Crippen molar-refractivity contribution in [2.24, 2.45) is 5.84 Å². The zero-order chi connectivity index (χ0) is 8.44. The normalized spacial score (nSPS) is 34.2. The molecule has 3 N–H and O–H groups in total. The molecule has 0 amide bonds. The van der Waals surface area contributed by atoms with E-state index < -0.39 is 0 Å². The van der Waals surface area contributed by atoms with Crippen LogP contribution < -0.4 is 11.3 Å². The fraction of sp³-hybridized carbons (Fsp3) is 1.00. The van der Waals surface area contributed by atoms with Crippen molar-refractivity contribution in [2.45, 2.75) is 50.2 Å². The molecule has 1 atom stereocenters. The summed E-state index contributed by atoms with van der Waals surface area (Å²) in [4.78, 5) is 0. The highest BCUT2D eigenvalue weighted by Gasteiger charge is 2.39. The van der Waals surface area contributed by atoms with Gasteiger partial charge in [-0.25, -0.2) is 0 Å². The third kappa shape index (κ3) is 1.49. The van der Waals surface area contributed by atoms with Gasteiger partial charge in [0.2, 0.25) is 0 Å². The largest absolute Gasteiger partial charge is 0.375 e. The van der Waals surface area contributed by atoms with Crippen molar-refractivity contribution >= 4 is 0 Å². The Labute approximate surface area is 73.6 Å². The van der Waals surface area contributed by atoms with Crippen LogP contribution >= 0.6 is 0 Å². The van der Waals surface area contributed by atoms with E-state index in [4.69, 9.17) is 10.6 Å². The quantitative estimate of drug-likeness (QED) is 0.455. The molecule has 3 nitrogen and oxygen atoms in total. The number of hydrazine groups is 1. The summed E-state index contributed by atoms with van der Waals surface area (Å²) in [6.45, 7) is 0.884. The van der Waals surface area contributed by atoms with E-state index in [1.807, 2.05) is 0 Å². The van der Waals surface area contributed by atoms with Gasteiger partial charge in [-0.3, -0.25) is 11.3 Å². The van der Waals surface area contributed by atoms with Gasteiger partial charge in [0.1, 0.15) is 0 Å². The van der Waals surface area contributed by atoms with E-state index in [0.29, 0.717) is 6.04 Å². The minimum atomic E-state index is 0.204. The molecule has 2 fully saturated rings. The molecule has 1 saturated carbocycles. The van der Waals surface area contributed by atoms with Gasteiger partial charge in [0, 0.05) is 12.6 Å². The van der Waals surface area contributed by atoms with Crippen molar-refractivity contribution in [2.75, 3.05) is 6.61 Å². The molecule has 0 aromatic carbocycles. The van der Waals surface area contributed by atoms with E-state index >= 15 is 0 Å². The van der Waals surface area contributed by atoms with E-state index in [9.17, 15) is 0 Å². The van der Waals surface area contributed by atoms with E-state index in [2.05, 4.69) is 5.43 Å². The Hall–Kier alpha value is -0.120. The first kappa shape index (κ1) is 8.48. The summed E-state index contributed by atoms with van der Waals surface area (Å²) < 4.78 is 5.86. The minimum Gasteiger partial charge on any atom is -0.375 e. The number of nitrogens with two attached hydrogens (primary N) is 1. The number of hydrogen-bond donors (Lipinski definition) is 2. The summed E-state index contributed by atoms with van der Waals surface area (Å²) >= 11 is 0. The van der Waals surface area contributed by atoms with Crippen LogP contribution in [-0.2, 0) is 4.74 Å². The molecular formula is C9H18N2O. The van der Waals surface area contributed by atoms with Crippen molar-refractivity contribution in [3.05, 3.63) is 0 Å². The Morgan fingerprint density at radius 3 is 2.75 bits per heavy atom. The van der Waals surface area contributed by atoms with E-state index in [1.165, 1.54) is 25.7 Å². The fourth-order valence-corrected chi connectivity index (χ4v) is 2.54. The molecule has 1 aliphatic carbocycles. The van der Waals surface area contributed by atoms with Crippen LogP contribution in [0.2, 0.25) is 0 Å². The first-order valence-corrected chi connectivity index (χ1v) is 4.95. The second kappa shape index (κ2) is 3.32. The molecule has 1 unspecified atom stereocenters. The Kier molecular flexibility index (Phi) is 2.35. The molecule has 2 rings (SSSR count). The van der Waals surface area contributed by atoms with Gasteiger partial charge in [0.15, 0.2) is 0 Å². The average Bonchev–Trinajstić information content (AvgIpc) is 2.53. The summed E-state index contributed by atoms with van der Waals surface area (Å²) in [6, 6.07) is 0.483. The van der Waals surface area contributed by atoms with Crippen LogP contribution in [0.4, 0.5) is 0 Å². The summed E-state index contributed by atoms with van der Waals surface area (Å²) in [5, 5.41) is 0. The molecular weight excluding hydrogens is 152 g/mol. The number of nitrogens with one attached hydrogen (secondary N) is 1. The van der Waals surface area contributed by atoms with Crippen molar-refractivity contribution in [3.8, 4) is 0 Å². The molecule has 2 aliphatic rings. The van der Waals surface area contributed by atoms with Gasteiger partial charge in [-0.05, 0) is 25.7 Å². The Morgan fingerprint density at radius 1 is 1.33 bits per heavy atom. The number of hydrogen-bond acceptors (Lipinski definition) is 3. The topological polar surface area (TPSA) is 47.3 Å². The second-order valence-corrected chi connectivity index (χ2v) is 4.09. The summed E-state index contributed by atoms with van der Waals surface area (Å²) in [6.07, 6.45) is 7.33. The summed E-state index contributed by atoms with van der Waals surface area (Å²) in [5.74, 6) is 5.45. The third-order valence-corrected chi connectivity index (χ3v) is 3.24. The smallest absolute Gasteiger partial charge is 0.0697 e. The predicted octanol–water partition coefficient (Wildman–Crippen LogP) is 0.941. The first-order valence-electron chi connectivity index (χ1n) is 4.95. The zero-order valence-corrected chi connectivity index (χ0v) is 7.51. The maximum absolute atomic E-state index is 5.86. The Balaban J connectivity index is 1.97. The van der Waals surface area contributed by atoms with Crippen LogP contribution in [-0.4, -0.2) is 18.2 Å². The highest BCUT2D eigenvalue weighted by Crippen LogP contribution is 2.39. The van der Waals surface area contributed by atoms with Gasteiger partial charge in [-0.15, -0.1) is 0 Å². The van der Waals surface area contributed by atoms with Gasteiger partial charge >= 0.3 is 0 Å². The van der Waals surface area contributed by atoms with Gasteiger partial charge in [0.25, 0.3) is 0 Å². The highest BCUT2D eigenvalue weighted by atomic mass is 16.5. The maximum Gasteiger partial charge on any atom is 0.0697 e. The molecule has 1 heterocycles. The van der Waals surface area contributed by atoms with Crippen LogP contribution in [0.3, 0.4) is 0 Å². The van der Waals surface area contributed by atoms with Crippen molar-refractivity contribution in [1.29, 1.82) is 0 Å². The maximum atomic E-state index is 5.86. The van der Waals surface area contributed by atoms with Crippen LogP contribution in [0.5, 0.6) is 0 Å². The SMILES string of the molecule is NNC1CCOC2(CCCC2)C1. The molecule has 1 aliphatic heterocycles. The van der Waals surface area contributed by atoms with Gasteiger partial charge in [0.05, 0.1) is 5.60 Å². The number of ether oxygens (including phenoxy) is 1. The molecule has 70 valence electrons. The van der Waals surface area contributed by atoms with Crippen molar-refractivity contribution < 1.29 is 4.74 Å². The lowest BCUT2D eigenvalue weighted by Crippen LogP contribution is -2.47. The lowest BCUT2D eigenvalue weighted by Gasteiger charge is -2.37. The van der Waals surface area contributed by atoms with Crippen LogP contribution in [0, 0.1) is 0 Å². The summed E-state index contributed by atoms with van der Waals surface area (Å²) in [7, 11) is 0. The van der Waals surface area contributed by atoms with Crippen LogP contribution in [0.25, 0.3) is 0 Å². The van der Waals surface area contributed by atoms with Gasteiger partial charge in [-0.2, -0.15) is 0 Å².